The van der Waals surface area contributed by atoms with Gasteiger partial charge in [0.1, 0.15) is 0 Å². The van der Waals surface area contributed by atoms with Gasteiger partial charge in [-0.25, -0.2) is 0 Å². The maximum absolute atomic E-state index is 5.96. The molecule has 1 atom stereocenters. The molecule has 0 aromatic heterocycles. The minimum Gasteiger partial charge on any atom is -0.377 e. The van der Waals surface area contributed by atoms with Crippen molar-refractivity contribution in [3.8, 4) is 0 Å². The van der Waals surface area contributed by atoms with Crippen LogP contribution in [0.15, 0.2) is 0 Å². The fourth-order valence-electron chi connectivity index (χ4n) is 3.02. The van der Waals surface area contributed by atoms with Gasteiger partial charge >= 0.3 is 0 Å². The quantitative estimate of drug-likeness (QED) is 0.776. The molecule has 1 saturated carbocycles. The van der Waals surface area contributed by atoms with Gasteiger partial charge in [0.15, 0.2) is 0 Å². The van der Waals surface area contributed by atoms with Crippen LogP contribution in [0.2, 0.25) is 0 Å². The summed E-state index contributed by atoms with van der Waals surface area (Å²) >= 11 is 0. The number of nitrogens with two attached hydrogens (primary N) is 1. The molecule has 1 aliphatic carbocycles. The van der Waals surface area contributed by atoms with E-state index >= 15 is 0 Å². The normalized spacial score (nSPS) is 30.0. The number of hydrogen-bond acceptors (Lipinski definition) is 3. The van der Waals surface area contributed by atoms with Crippen LogP contribution in [-0.2, 0) is 4.74 Å². The fraction of sp³-hybridized carbons (Fsp3) is 1.00. The second-order valence-corrected chi connectivity index (χ2v) is 5.36. The summed E-state index contributed by atoms with van der Waals surface area (Å²) in [7, 11) is 0. The molecule has 2 rings (SSSR count). The molecule has 16 heavy (non-hydrogen) atoms. The van der Waals surface area contributed by atoms with Gasteiger partial charge in [-0.15, -0.1) is 0 Å². The summed E-state index contributed by atoms with van der Waals surface area (Å²) in [6.07, 6.45) is 8.03. The fourth-order valence-corrected chi connectivity index (χ4v) is 3.02. The zero-order chi connectivity index (χ0) is 11.4. The van der Waals surface area contributed by atoms with Crippen LogP contribution in [0.3, 0.4) is 0 Å². The van der Waals surface area contributed by atoms with E-state index in [0.717, 1.165) is 26.1 Å². The second-order valence-electron chi connectivity index (χ2n) is 5.36. The minimum atomic E-state index is 0.342. The van der Waals surface area contributed by atoms with Crippen LogP contribution < -0.4 is 5.73 Å². The molecule has 1 heterocycles. The molecule has 0 spiro atoms. The predicted molar refractivity (Wildman–Crippen MR) is 66.5 cm³/mol. The first-order chi connectivity index (χ1) is 7.80. The predicted octanol–water partition coefficient (Wildman–Crippen LogP) is 1.76. The molecule has 0 amide bonds. The SMILES string of the molecule is CCCOC1CCCN(C2(CN)CCC2)C1. The van der Waals surface area contributed by atoms with Gasteiger partial charge in [-0.05, 0) is 45.1 Å². The standard InChI is InChI=1S/C13H26N2O/c1-2-9-16-12-5-3-8-15(10-12)13(11-14)6-4-7-13/h12H,2-11,14H2,1H3. The van der Waals surface area contributed by atoms with Gasteiger partial charge in [-0.3, -0.25) is 4.90 Å². The Morgan fingerprint density at radius 3 is 2.75 bits per heavy atom. The van der Waals surface area contributed by atoms with E-state index in [9.17, 15) is 0 Å². The average molecular weight is 226 g/mol. The van der Waals surface area contributed by atoms with Crippen molar-refractivity contribution in [3.63, 3.8) is 0 Å². The largest absolute Gasteiger partial charge is 0.377 e. The first-order valence-corrected chi connectivity index (χ1v) is 6.87. The number of piperidine rings is 1. The first-order valence-electron chi connectivity index (χ1n) is 6.87. The Kier molecular flexibility index (Phi) is 4.22. The summed E-state index contributed by atoms with van der Waals surface area (Å²) in [4.78, 5) is 2.61. The maximum atomic E-state index is 5.96. The first kappa shape index (κ1) is 12.3. The monoisotopic (exact) mass is 226 g/mol. The summed E-state index contributed by atoms with van der Waals surface area (Å²) < 4.78 is 5.89. The van der Waals surface area contributed by atoms with E-state index in [2.05, 4.69) is 11.8 Å². The molecular formula is C13H26N2O. The van der Waals surface area contributed by atoms with E-state index in [1.54, 1.807) is 0 Å². The summed E-state index contributed by atoms with van der Waals surface area (Å²) in [5.41, 5.74) is 6.30. The Bertz CT molecular complexity index is 210. The highest BCUT2D eigenvalue weighted by atomic mass is 16.5. The molecule has 1 saturated heterocycles. The van der Waals surface area contributed by atoms with Crippen LogP contribution >= 0.6 is 0 Å². The molecule has 3 heteroatoms. The minimum absolute atomic E-state index is 0.342. The number of likely N-dealkylation sites (tertiary alicyclic amines) is 1. The van der Waals surface area contributed by atoms with Crippen molar-refractivity contribution in [1.29, 1.82) is 0 Å². The van der Waals surface area contributed by atoms with Crippen LogP contribution in [0.4, 0.5) is 0 Å². The van der Waals surface area contributed by atoms with Gasteiger partial charge in [0.05, 0.1) is 6.10 Å². The van der Waals surface area contributed by atoms with Crippen molar-refractivity contribution >= 4 is 0 Å². The van der Waals surface area contributed by atoms with Gasteiger partial charge in [0.2, 0.25) is 0 Å². The number of hydrogen-bond donors (Lipinski definition) is 1. The third-order valence-corrected chi connectivity index (χ3v) is 4.27. The number of ether oxygens (including phenoxy) is 1. The smallest absolute Gasteiger partial charge is 0.0702 e. The maximum Gasteiger partial charge on any atom is 0.0702 e. The summed E-state index contributed by atoms with van der Waals surface area (Å²) in [6, 6.07) is 0. The van der Waals surface area contributed by atoms with Crippen LogP contribution in [-0.4, -0.2) is 42.8 Å². The zero-order valence-electron chi connectivity index (χ0n) is 10.6. The summed E-state index contributed by atoms with van der Waals surface area (Å²) in [6.45, 7) is 6.25. The molecule has 1 aliphatic heterocycles. The molecule has 1 unspecified atom stereocenters. The molecule has 0 aromatic rings. The molecule has 0 radical (unpaired) electrons. The lowest BCUT2D eigenvalue weighted by atomic mass is 9.74. The van der Waals surface area contributed by atoms with E-state index in [1.807, 2.05) is 0 Å². The molecule has 0 aromatic carbocycles. The Labute approximate surface area is 99.3 Å². The summed E-state index contributed by atoms with van der Waals surface area (Å²) in [5.74, 6) is 0. The molecule has 2 N–H and O–H groups in total. The van der Waals surface area contributed by atoms with Gasteiger partial charge < -0.3 is 10.5 Å². The van der Waals surface area contributed by atoms with E-state index in [-0.39, 0.29) is 0 Å². The van der Waals surface area contributed by atoms with E-state index in [4.69, 9.17) is 10.5 Å². The lowest BCUT2D eigenvalue weighted by molar-refractivity contribution is -0.0602. The lowest BCUT2D eigenvalue weighted by Crippen LogP contribution is -2.61. The van der Waals surface area contributed by atoms with Gasteiger partial charge in [0, 0.05) is 25.2 Å². The Morgan fingerprint density at radius 2 is 2.19 bits per heavy atom. The zero-order valence-corrected chi connectivity index (χ0v) is 10.6. The van der Waals surface area contributed by atoms with Crippen molar-refractivity contribution in [2.45, 2.75) is 57.1 Å². The van der Waals surface area contributed by atoms with Crippen molar-refractivity contribution in [2.24, 2.45) is 5.73 Å². The lowest BCUT2D eigenvalue weighted by Gasteiger charge is -2.52. The highest BCUT2D eigenvalue weighted by Gasteiger charge is 2.42. The third-order valence-electron chi connectivity index (χ3n) is 4.27. The van der Waals surface area contributed by atoms with E-state index in [1.165, 1.54) is 38.6 Å². The summed E-state index contributed by atoms with van der Waals surface area (Å²) in [5, 5.41) is 0. The van der Waals surface area contributed by atoms with Crippen LogP contribution in [0.1, 0.15) is 45.4 Å². The molecular weight excluding hydrogens is 200 g/mol. The average Bonchev–Trinajstić information content (AvgIpc) is 2.26. The van der Waals surface area contributed by atoms with Crippen molar-refractivity contribution in [1.82, 2.24) is 4.90 Å². The molecule has 3 nitrogen and oxygen atoms in total. The molecule has 0 bridgehead atoms. The topological polar surface area (TPSA) is 38.5 Å². The van der Waals surface area contributed by atoms with Crippen LogP contribution in [0.25, 0.3) is 0 Å². The number of rotatable bonds is 5. The van der Waals surface area contributed by atoms with Crippen LogP contribution in [0.5, 0.6) is 0 Å². The Balaban J connectivity index is 1.85. The number of nitrogens with zero attached hydrogens (tertiary/aromatic N) is 1. The highest BCUT2D eigenvalue weighted by molar-refractivity contribution is 5.00. The van der Waals surface area contributed by atoms with Crippen LogP contribution in [0, 0.1) is 0 Å². The highest BCUT2D eigenvalue weighted by Crippen LogP contribution is 2.38. The van der Waals surface area contributed by atoms with Crippen molar-refractivity contribution in [2.75, 3.05) is 26.2 Å². The van der Waals surface area contributed by atoms with Gasteiger partial charge in [-0.1, -0.05) is 6.92 Å². The van der Waals surface area contributed by atoms with Crippen molar-refractivity contribution in [3.05, 3.63) is 0 Å². The molecule has 2 fully saturated rings. The molecule has 2 aliphatic rings. The Morgan fingerprint density at radius 1 is 1.38 bits per heavy atom. The van der Waals surface area contributed by atoms with Crippen molar-refractivity contribution < 1.29 is 4.74 Å². The molecule has 94 valence electrons. The van der Waals surface area contributed by atoms with E-state index in [0.29, 0.717) is 11.6 Å². The Hall–Kier alpha value is -0.120. The van der Waals surface area contributed by atoms with E-state index < -0.39 is 0 Å². The second kappa shape index (κ2) is 5.48. The van der Waals surface area contributed by atoms with Gasteiger partial charge in [-0.2, -0.15) is 0 Å². The van der Waals surface area contributed by atoms with Gasteiger partial charge in [0.25, 0.3) is 0 Å². The third kappa shape index (κ3) is 2.41.